The van der Waals surface area contributed by atoms with E-state index in [4.69, 9.17) is 20.8 Å². The zero-order chi connectivity index (χ0) is 13.1. The summed E-state index contributed by atoms with van der Waals surface area (Å²) < 4.78 is 15.1. The highest BCUT2D eigenvalue weighted by atomic mass is 35.5. The molecule has 0 amide bonds. The third kappa shape index (κ3) is 2.19. The average molecular weight is 267 g/mol. The Labute approximate surface area is 109 Å². The van der Waals surface area contributed by atoms with E-state index in [1.807, 2.05) is 0 Å². The molecule has 0 saturated carbocycles. The van der Waals surface area contributed by atoms with Gasteiger partial charge in [0.1, 0.15) is 11.5 Å². The predicted octanol–water partition coefficient (Wildman–Crippen LogP) is 3.40. The summed E-state index contributed by atoms with van der Waals surface area (Å²) in [6, 6.07) is 6.63. The minimum atomic E-state index is -0.460. The highest BCUT2D eigenvalue weighted by Gasteiger charge is 2.17. The molecule has 0 bridgehead atoms. The fourth-order valence-corrected chi connectivity index (χ4v) is 1.87. The third-order valence-corrected chi connectivity index (χ3v) is 2.86. The summed E-state index contributed by atoms with van der Waals surface area (Å²) in [6.07, 6.45) is 1.53. The number of hydrogen-bond acceptors (Lipinski definition) is 4. The van der Waals surface area contributed by atoms with Crippen LogP contribution in [0.2, 0.25) is 5.02 Å². The zero-order valence-corrected chi connectivity index (χ0v) is 10.7. The first-order valence-electron chi connectivity index (χ1n) is 5.17. The van der Waals surface area contributed by atoms with Gasteiger partial charge in [0, 0.05) is 5.56 Å². The first-order chi connectivity index (χ1) is 8.67. The van der Waals surface area contributed by atoms with Crippen LogP contribution in [0.15, 0.2) is 34.9 Å². The molecule has 0 unspecified atom stereocenters. The molecule has 0 aliphatic rings. The van der Waals surface area contributed by atoms with Gasteiger partial charge in [0.2, 0.25) is 0 Å². The Balaban J connectivity index is 2.61. The van der Waals surface area contributed by atoms with E-state index in [2.05, 4.69) is 4.74 Å². The van der Waals surface area contributed by atoms with Gasteiger partial charge in [-0.1, -0.05) is 11.6 Å². The van der Waals surface area contributed by atoms with Crippen LogP contribution in [-0.2, 0) is 4.74 Å². The molecule has 2 rings (SSSR count). The molecule has 1 aromatic carbocycles. The summed E-state index contributed by atoms with van der Waals surface area (Å²) in [4.78, 5) is 11.6. The van der Waals surface area contributed by atoms with Gasteiger partial charge in [-0.05, 0) is 24.3 Å². The van der Waals surface area contributed by atoms with Crippen LogP contribution in [0.3, 0.4) is 0 Å². The smallest absolute Gasteiger partial charge is 0.338 e. The maximum atomic E-state index is 11.6. The summed E-state index contributed by atoms with van der Waals surface area (Å²) in [5.41, 5.74) is 0.937. The van der Waals surface area contributed by atoms with Gasteiger partial charge in [-0.2, -0.15) is 0 Å². The van der Waals surface area contributed by atoms with Crippen LogP contribution in [0.4, 0.5) is 0 Å². The molecule has 2 aromatic rings. The highest BCUT2D eigenvalue weighted by Crippen LogP contribution is 2.36. The molecule has 0 N–H and O–H groups in total. The Kier molecular flexibility index (Phi) is 3.58. The van der Waals surface area contributed by atoms with Crippen LogP contribution in [0.5, 0.6) is 5.75 Å². The Morgan fingerprint density at radius 3 is 2.67 bits per heavy atom. The molecule has 0 aliphatic heterocycles. The number of methoxy groups -OCH3 is 2. The molecule has 94 valence electrons. The van der Waals surface area contributed by atoms with E-state index in [0.717, 1.165) is 0 Å². The van der Waals surface area contributed by atoms with Crippen molar-refractivity contribution in [2.45, 2.75) is 0 Å². The topological polar surface area (TPSA) is 48.7 Å². The van der Waals surface area contributed by atoms with Gasteiger partial charge in [-0.3, -0.25) is 0 Å². The minimum absolute atomic E-state index is 0.352. The Bertz CT molecular complexity index is 561. The second-order valence-electron chi connectivity index (χ2n) is 3.51. The van der Waals surface area contributed by atoms with Crippen LogP contribution in [0.25, 0.3) is 11.3 Å². The summed E-state index contributed by atoms with van der Waals surface area (Å²) in [5.74, 6) is 0.493. The number of carbonyl (C=O) groups excluding carboxylic acids is 1. The van der Waals surface area contributed by atoms with Crippen molar-refractivity contribution in [3.8, 4) is 17.1 Å². The molecule has 0 saturated heterocycles. The van der Waals surface area contributed by atoms with Crippen molar-refractivity contribution < 1.29 is 18.7 Å². The van der Waals surface area contributed by atoms with Gasteiger partial charge in [0.05, 0.1) is 31.1 Å². The fourth-order valence-electron chi connectivity index (χ4n) is 1.59. The molecule has 5 heteroatoms. The summed E-state index contributed by atoms with van der Waals surface area (Å²) in [7, 11) is 2.80. The van der Waals surface area contributed by atoms with Gasteiger partial charge < -0.3 is 13.9 Å². The van der Waals surface area contributed by atoms with Crippen molar-refractivity contribution >= 4 is 17.6 Å². The van der Waals surface area contributed by atoms with Crippen molar-refractivity contribution in [1.82, 2.24) is 0 Å². The Hall–Kier alpha value is -1.94. The van der Waals surface area contributed by atoms with Crippen LogP contribution in [0, 0.1) is 0 Å². The fraction of sp³-hybridized carbons (Fsp3) is 0.154. The van der Waals surface area contributed by atoms with E-state index in [1.54, 1.807) is 18.2 Å². The molecule has 0 atom stereocenters. The summed E-state index contributed by atoms with van der Waals surface area (Å²) >= 11 is 6.18. The van der Waals surface area contributed by atoms with Gasteiger partial charge in [-0.15, -0.1) is 0 Å². The van der Waals surface area contributed by atoms with E-state index in [0.29, 0.717) is 27.7 Å². The van der Waals surface area contributed by atoms with Crippen LogP contribution < -0.4 is 4.74 Å². The van der Waals surface area contributed by atoms with Gasteiger partial charge in [0.15, 0.2) is 0 Å². The zero-order valence-electron chi connectivity index (χ0n) is 9.90. The summed E-state index contributed by atoms with van der Waals surface area (Å²) in [5, 5.41) is 0.389. The lowest BCUT2D eigenvalue weighted by atomic mass is 10.1. The Morgan fingerprint density at radius 1 is 1.33 bits per heavy atom. The van der Waals surface area contributed by atoms with Crippen molar-refractivity contribution in [3.05, 3.63) is 41.1 Å². The van der Waals surface area contributed by atoms with Crippen molar-refractivity contribution in [1.29, 1.82) is 0 Å². The monoisotopic (exact) mass is 266 g/mol. The summed E-state index contributed by atoms with van der Waals surface area (Å²) in [6.45, 7) is 0. The Morgan fingerprint density at radius 2 is 2.11 bits per heavy atom. The number of ether oxygens (including phenoxy) is 2. The second kappa shape index (κ2) is 5.14. The molecule has 4 nitrogen and oxygen atoms in total. The van der Waals surface area contributed by atoms with Gasteiger partial charge >= 0.3 is 5.97 Å². The van der Waals surface area contributed by atoms with Gasteiger partial charge in [0.25, 0.3) is 0 Å². The molecule has 0 radical (unpaired) electrons. The number of halogens is 1. The van der Waals surface area contributed by atoms with Crippen molar-refractivity contribution in [2.75, 3.05) is 14.2 Å². The quantitative estimate of drug-likeness (QED) is 0.799. The first-order valence-corrected chi connectivity index (χ1v) is 5.55. The van der Waals surface area contributed by atoms with Crippen LogP contribution in [0.1, 0.15) is 10.4 Å². The van der Waals surface area contributed by atoms with E-state index in [-0.39, 0.29) is 0 Å². The average Bonchev–Trinajstić information content (AvgIpc) is 2.92. The third-order valence-electron chi connectivity index (χ3n) is 2.47. The van der Waals surface area contributed by atoms with Crippen molar-refractivity contribution in [2.24, 2.45) is 0 Å². The first kappa shape index (κ1) is 12.5. The van der Waals surface area contributed by atoms with Crippen LogP contribution >= 0.6 is 11.6 Å². The minimum Gasteiger partial charge on any atom is -0.495 e. The molecule has 0 spiro atoms. The molecule has 18 heavy (non-hydrogen) atoms. The number of esters is 1. The normalized spacial score (nSPS) is 10.2. The number of furan rings is 1. The molecule has 0 fully saturated rings. The molecular weight excluding hydrogens is 256 g/mol. The maximum absolute atomic E-state index is 11.6. The standard InChI is InChI=1S/C13H11ClO4/c1-16-11-7-8(13(15)17-2)6-9(12(11)14)10-4-3-5-18-10/h3-7H,1-2H3. The lowest BCUT2D eigenvalue weighted by Crippen LogP contribution is -2.02. The lowest BCUT2D eigenvalue weighted by Gasteiger charge is -2.09. The number of benzene rings is 1. The second-order valence-corrected chi connectivity index (χ2v) is 3.89. The van der Waals surface area contributed by atoms with E-state index >= 15 is 0 Å². The van der Waals surface area contributed by atoms with E-state index in [1.165, 1.54) is 26.5 Å². The predicted molar refractivity (Wildman–Crippen MR) is 67.0 cm³/mol. The van der Waals surface area contributed by atoms with E-state index in [9.17, 15) is 4.79 Å². The number of rotatable bonds is 3. The number of hydrogen-bond donors (Lipinski definition) is 0. The lowest BCUT2D eigenvalue weighted by molar-refractivity contribution is 0.0600. The van der Waals surface area contributed by atoms with Crippen molar-refractivity contribution in [3.63, 3.8) is 0 Å². The van der Waals surface area contributed by atoms with Crippen LogP contribution in [-0.4, -0.2) is 20.2 Å². The SMILES string of the molecule is COC(=O)c1cc(OC)c(Cl)c(-c2ccco2)c1. The molecule has 1 heterocycles. The van der Waals surface area contributed by atoms with E-state index < -0.39 is 5.97 Å². The highest BCUT2D eigenvalue weighted by molar-refractivity contribution is 6.34. The largest absolute Gasteiger partial charge is 0.495 e. The molecular formula is C13H11ClO4. The van der Waals surface area contributed by atoms with Gasteiger partial charge in [-0.25, -0.2) is 4.79 Å². The maximum Gasteiger partial charge on any atom is 0.338 e. The number of carbonyl (C=O) groups is 1. The molecule has 1 aromatic heterocycles. The molecule has 0 aliphatic carbocycles.